The predicted octanol–water partition coefficient (Wildman–Crippen LogP) is 0.443. The summed E-state index contributed by atoms with van der Waals surface area (Å²) in [6, 6.07) is -2.06. The van der Waals surface area contributed by atoms with Gasteiger partial charge in [-0.3, -0.25) is 52.7 Å². The maximum atomic E-state index is 14.0. The minimum atomic E-state index is -1.92. The number of carbonyl (C=O) groups excluding carboxylic acids is 10. The Morgan fingerprint density at radius 2 is 1.27 bits per heavy atom. The highest BCUT2D eigenvalue weighted by Gasteiger charge is 2.41. The average Bonchev–Trinajstić information content (AvgIpc) is 4.15. The van der Waals surface area contributed by atoms with Crippen LogP contribution in [0.2, 0.25) is 0 Å². The number of rotatable bonds is 31. The Bertz CT molecular complexity index is 2410. The van der Waals surface area contributed by atoms with Gasteiger partial charge in [0.15, 0.2) is 0 Å². The summed E-state index contributed by atoms with van der Waals surface area (Å²) in [5.41, 5.74) is 6.58. The molecule has 7 atom stereocenters. The third-order valence-corrected chi connectivity index (χ3v) is 13.3. The van der Waals surface area contributed by atoms with Gasteiger partial charge in [-0.15, -0.1) is 0 Å². The Morgan fingerprint density at radius 3 is 1.85 bits per heavy atom. The molecule has 1 aromatic carbocycles. The zero-order valence-corrected chi connectivity index (χ0v) is 43.2. The lowest BCUT2D eigenvalue weighted by atomic mass is 10.0. The molecule has 2 fully saturated rings. The van der Waals surface area contributed by atoms with Crippen molar-refractivity contribution in [2.75, 3.05) is 19.6 Å². The number of nitrogens with zero attached hydrogens (tertiary/aromatic N) is 2. The molecule has 0 aliphatic carbocycles. The van der Waals surface area contributed by atoms with Gasteiger partial charge in [0.05, 0.1) is 6.42 Å². The number of H-pyrrole nitrogens is 1. The molecule has 4 rings (SSSR count). The fourth-order valence-corrected chi connectivity index (χ4v) is 9.13. The van der Waals surface area contributed by atoms with E-state index >= 15 is 0 Å². The fourth-order valence-electron chi connectivity index (χ4n) is 9.13. The molecule has 2 saturated heterocycles. The molecular weight excluding hydrogens is 977 g/mol. The minimum absolute atomic E-state index is 0.0144. The molecular formula is C51H74N10O14. The van der Waals surface area contributed by atoms with Crippen LogP contribution in [0.1, 0.15) is 130 Å². The van der Waals surface area contributed by atoms with Gasteiger partial charge >= 0.3 is 11.9 Å². The number of aromatic amines is 1. The van der Waals surface area contributed by atoms with E-state index in [0.29, 0.717) is 63.0 Å². The number of hydrogen-bond acceptors (Lipinski definition) is 12. The molecule has 0 spiro atoms. The van der Waals surface area contributed by atoms with Crippen LogP contribution in [0.15, 0.2) is 30.5 Å². The van der Waals surface area contributed by atoms with E-state index in [1.807, 2.05) is 45.9 Å². The topological polar surface area (TPSA) is 366 Å². The van der Waals surface area contributed by atoms with Crippen molar-refractivity contribution in [1.29, 1.82) is 0 Å². The van der Waals surface area contributed by atoms with E-state index in [1.165, 1.54) is 4.90 Å². The van der Waals surface area contributed by atoms with Crippen LogP contribution in [-0.4, -0.2) is 158 Å². The van der Waals surface area contributed by atoms with E-state index in [2.05, 4.69) is 36.9 Å². The zero-order chi connectivity index (χ0) is 55.4. The first-order valence-electron chi connectivity index (χ1n) is 25.9. The van der Waals surface area contributed by atoms with Crippen molar-refractivity contribution in [2.45, 2.75) is 173 Å². The van der Waals surface area contributed by atoms with E-state index in [0.717, 1.165) is 22.2 Å². The molecule has 0 radical (unpaired) electrons. The average molecular weight is 1050 g/mol. The number of carboxylic acid groups (broad SMARTS) is 2. The van der Waals surface area contributed by atoms with Crippen molar-refractivity contribution < 1.29 is 67.7 Å². The number of carbonyl (C=O) groups is 12. The number of primary amides is 1. The first-order valence-corrected chi connectivity index (χ1v) is 25.9. The van der Waals surface area contributed by atoms with Crippen LogP contribution in [0.5, 0.6) is 0 Å². The lowest BCUT2D eigenvalue weighted by molar-refractivity contribution is -0.150. The number of amides is 9. The number of para-hydroxylation sites is 1. The number of unbranched alkanes of at least 4 members (excludes halogenated alkanes) is 2. The third-order valence-electron chi connectivity index (χ3n) is 13.3. The van der Waals surface area contributed by atoms with Crippen LogP contribution in [0, 0.1) is 5.92 Å². The highest BCUT2D eigenvalue weighted by atomic mass is 16.4. The zero-order valence-electron chi connectivity index (χ0n) is 43.2. The molecule has 0 bridgehead atoms. The van der Waals surface area contributed by atoms with Gasteiger partial charge in [-0.1, -0.05) is 71.6 Å². The quantitative estimate of drug-likeness (QED) is 0.0362. The molecule has 3 heterocycles. The predicted molar refractivity (Wildman–Crippen MR) is 271 cm³/mol. The molecule has 2 aliphatic rings. The van der Waals surface area contributed by atoms with Gasteiger partial charge in [0.2, 0.25) is 53.0 Å². The number of aromatic nitrogens is 1. The smallest absolute Gasteiger partial charge is 0.326 e. The second-order valence-electron chi connectivity index (χ2n) is 19.6. The van der Waals surface area contributed by atoms with Crippen LogP contribution in [0.4, 0.5) is 0 Å². The van der Waals surface area contributed by atoms with Gasteiger partial charge in [-0.2, -0.15) is 0 Å². The Balaban J connectivity index is 1.49. The first-order chi connectivity index (χ1) is 35.6. The van der Waals surface area contributed by atoms with E-state index in [-0.39, 0.29) is 38.8 Å². The highest BCUT2D eigenvalue weighted by Crippen LogP contribution is 2.25. The third kappa shape index (κ3) is 18.2. The van der Waals surface area contributed by atoms with Crippen LogP contribution in [0.25, 0.3) is 10.9 Å². The number of Topliss-reactive ketones (excluding diaryl/α,β-unsaturated/α-hetero) is 1. The van der Waals surface area contributed by atoms with Gasteiger partial charge in [0.25, 0.3) is 5.91 Å². The number of hydrogen-bond donors (Lipinski definition) is 10. The highest BCUT2D eigenvalue weighted by molar-refractivity contribution is 6.35. The van der Waals surface area contributed by atoms with E-state index in [1.54, 1.807) is 12.3 Å². The Hall–Kier alpha value is -7.40. The number of aliphatic carboxylic acids is 2. The number of fused-ring (bicyclic) bond motifs is 1. The van der Waals surface area contributed by atoms with Gasteiger partial charge in [0, 0.05) is 49.6 Å². The number of ketones is 1. The molecule has 75 heavy (non-hydrogen) atoms. The van der Waals surface area contributed by atoms with Gasteiger partial charge < -0.3 is 62.6 Å². The van der Waals surface area contributed by atoms with E-state index in [4.69, 9.17) is 5.73 Å². The molecule has 2 aromatic rings. The molecule has 412 valence electrons. The summed E-state index contributed by atoms with van der Waals surface area (Å²) in [6.45, 7) is 8.31. The van der Waals surface area contributed by atoms with Crippen molar-refractivity contribution in [3.8, 4) is 0 Å². The number of nitrogens with two attached hydrogens (primary N) is 1. The van der Waals surface area contributed by atoms with Crippen LogP contribution in [0.3, 0.4) is 0 Å². The van der Waals surface area contributed by atoms with Crippen LogP contribution >= 0.6 is 0 Å². The van der Waals surface area contributed by atoms with Gasteiger partial charge in [-0.25, -0.2) is 4.79 Å². The molecule has 11 N–H and O–H groups in total. The molecule has 2 aliphatic heterocycles. The molecule has 24 nitrogen and oxygen atoms in total. The summed E-state index contributed by atoms with van der Waals surface area (Å²) in [6.07, 6.45) is 2.98. The van der Waals surface area contributed by atoms with Crippen molar-refractivity contribution in [2.24, 2.45) is 11.7 Å². The summed E-state index contributed by atoms with van der Waals surface area (Å²) in [4.78, 5) is 164. The van der Waals surface area contributed by atoms with Crippen molar-refractivity contribution in [3.05, 3.63) is 36.0 Å². The number of nitrogens with one attached hydrogen (secondary N) is 7. The Kier molecular flexibility index (Phi) is 23.6. The summed E-state index contributed by atoms with van der Waals surface area (Å²) in [7, 11) is 0. The normalized spacial score (nSPS) is 17.2. The number of likely N-dealkylation sites (tertiary alicyclic amines) is 2. The lowest BCUT2D eigenvalue weighted by Gasteiger charge is -2.30. The number of carboxylic acids is 2. The van der Waals surface area contributed by atoms with Gasteiger partial charge in [-0.05, 0) is 68.9 Å². The standard InChI is InChI=1S/C51H74N10O14/c1-5-7-14-33(45(68)53-22-21-29(3)4)56-46(69)34(15-8-6-2)57-47(70)35(19-20-40(62)44(52)67)58-48(71)36(26-43(65)66)55-41(63)27-42(64)60-23-11-17-38(60)49(72)59-37(50(73)61-24-12-18-39(61)51(74)75)25-30-28-54-32-16-10-9-13-31(30)32/h9-10,13,16,28-29,33-39,54H,5-8,11-12,14-15,17-27H2,1-4H3,(H2,52,67)(H,53,68)(H,55,63)(H,56,69)(H,57,70)(H,58,71)(H,59,72)(H,65,66)(H,74,75)/t33-,34-,35-,36+,37-,38-,39-/m0/s1. The molecule has 24 heteroatoms. The SMILES string of the molecule is CCCC[C@H](NC(=O)[C@H](CCCC)NC(=O)[C@H](CCC(=O)C(N)=O)NC(=O)[C@@H](CC(=O)O)NC(=O)CC(=O)N1CCC[C@H]1C(=O)N[C@@H](Cc1c[nH]c2ccccc12)C(=O)N1CCC[C@H]1C(=O)O)C(=O)NCCC(C)C. The van der Waals surface area contributed by atoms with Crippen molar-refractivity contribution in [3.63, 3.8) is 0 Å². The largest absolute Gasteiger partial charge is 0.481 e. The maximum absolute atomic E-state index is 14.0. The Morgan fingerprint density at radius 1 is 0.693 bits per heavy atom. The van der Waals surface area contributed by atoms with Crippen LogP contribution in [-0.2, 0) is 64.0 Å². The summed E-state index contributed by atoms with van der Waals surface area (Å²) in [5, 5.41) is 35.8. The summed E-state index contributed by atoms with van der Waals surface area (Å²) in [5.74, 6) is -11.7. The number of benzene rings is 1. The molecule has 1 aromatic heterocycles. The Labute approximate surface area is 435 Å². The van der Waals surface area contributed by atoms with Crippen molar-refractivity contribution in [1.82, 2.24) is 46.7 Å². The second-order valence-corrected chi connectivity index (χ2v) is 19.6. The fraction of sp³-hybridized carbons (Fsp3) is 0.608. The minimum Gasteiger partial charge on any atom is -0.481 e. The monoisotopic (exact) mass is 1050 g/mol. The van der Waals surface area contributed by atoms with E-state index in [9.17, 15) is 67.7 Å². The first kappa shape index (κ1) is 60.2. The van der Waals surface area contributed by atoms with Gasteiger partial charge in [0.1, 0.15) is 48.7 Å². The summed E-state index contributed by atoms with van der Waals surface area (Å²) >= 11 is 0. The maximum Gasteiger partial charge on any atom is 0.326 e. The van der Waals surface area contributed by atoms with E-state index < -0.39 is 139 Å². The van der Waals surface area contributed by atoms with Crippen LogP contribution < -0.4 is 37.6 Å². The van der Waals surface area contributed by atoms with Crippen molar-refractivity contribution >= 4 is 81.8 Å². The second kappa shape index (κ2) is 29.5. The lowest BCUT2D eigenvalue weighted by Crippen LogP contribution is -2.58. The molecule has 0 unspecified atom stereocenters. The molecule has 0 saturated carbocycles. The summed E-state index contributed by atoms with van der Waals surface area (Å²) < 4.78 is 0. The molecule has 9 amide bonds.